The number of alkyl carbamates (subject to hydrolysis) is 1. The van der Waals surface area contributed by atoms with Crippen LogP contribution in [0.25, 0.3) is 33.1 Å². The molecule has 4 rings (SSSR count). The second-order valence-electron chi connectivity index (χ2n) is 9.01. The van der Waals surface area contributed by atoms with Crippen molar-refractivity contribution in [3.8, 4) is 11.3 Å². The Morgan fingerprint density at radius 2 is 1.64 bits per heavy atom. The van der Waals surface area contributed by atoms with Gasteiger partial charge in [0.05, 0.1) is 22.1 Å². The monoisotopic (exact) mass is 445 g/mol. The summed E-state index contributed by atoms with van der Waals surface area (Å²) in [5, 5.41) is 3.96. The van der Waals surface area contributed by atoms with Gasteiger partial charge < -0.3 is 14.6 Å². The van der Waals surface area contributed by atoms with Crippen LogP contribution < -0.4 is 10.9 Å². The topological polar surface area (TPSA) is 82.3 Å². The third-order valence-corrected chi connectivity index (χ3v) is 5.48. The highest BCUT2D eigenvalue weighted by atomic mass is 16.6. The lowest BCUT2D eigenvalue weighted by atomic mass is 10.0. The molecular formula is C26H27N3O4. The van der Waals surface area contributed by atoms with E-state index in [2.05, 4.69) is 5.32 Å². The molecule has 0 aliphatic rings. The number of hydrogen-bond donors (Lipinski definition) is 1. The summed E-state index contributed by atoms with van der Waals surface area (Å²) in [6.07, 6.45) is -0.595. The zero-order chi connectivity index (χ0) is 23.9. The van der Waals surface area contributed by atoms with E-state index in [0.717, 1.165) is 16.5 Å². The molecule has 33 heavy (non-hydrogen) atoms. The number of aromatic nitrogens is 2. The second kappa shape index (κ2) is 8.24. The van der Waals surface area contributed by atoms with Gasteiger partial charge in [-0.25, -0.2) is 4.79 Å². The number of nitrogens with zero attached hydrogens (tertiary/aromatic N) is 2. The number of ether oxygens (including phenoxy) is 1. The van der Waals surface area contributed by atoms with E-state index in [1.165, 1.54) is 6.92 Å². The molecule has 1 amide bonds. The summed E-state index contributed by atoms with van der Waals surface area (Å²) in [6, 6.07) is 16.9. The molecule has 4 aromatic rings. The van der Waals surface area contributed by atoms with E-state index in [1.54, 1.807) is 37.0 Å². The second-order valence-corrected chi connectivity index (χ2v) is 9.01. The van der Waals surface area contributed by atoms with E-state index in [0.29, 0.717) is 22.2 Å². The van der Waals surface area contributed by atoms with Gasteiger partial charge in [0.2, 0.25) is 5.91 Å². The van der Waals surface area contributed by atoms with Gasteiger partial charge in [-0.15, -0.1) is 0 Å². The normalized spacial score (nSPS) is 11.7. The first-order valence-electron chi connectivity index (χ1n) is 10.8. The van der Waals surface area contributed by atoms with Crippen molar-refractivity contribution in [1.29, 1.82) is 0 Å². The number of pyridine rings is 1. The summed E-state index contributed by atoms with van der Waals surface area (Å²) in [5.74, 6) is -0.222. The number of carbonyl (C=O) groups is 2. The van der Waals surface area contributed by atoms with Crippen LogP contribution in [0.4, 0.5) is 4.79 Å². The first-order chi connectivity index (χ1) is 15.6. The number of para-hydroxylation sites is 1. The van der Waals surface area contributed by atoms with E-state index < -0.39 is 11.7 Å². The Morgan fingerprint density at radius 1 is 1.00 bits per heavy atom. The summed E-state index contributed by atoms with van der Waals surface area (Å²) in [4.78, 5) is 39.0. The molecule has 2 aromatic heterocycles. The molecule has 2 heterocycles. The van der Waals surface area contributed by atoms with Crippen LogP contribution in [0.2, 0.25) is 0 Å². The van der Waals surface area contributed by atoms with Gasteiger partial charge in [-0.3, -0.25) is 14.2 Å². The minimum atomic E-state index is -0.661. The van der Waals surface area contributed by atoms with Crippen LogP contribution in [0.5, 0.6) is 0 Å². The Hall–Kier alpha value is -3.87. The average molecular weight is 446 g/mol. The number of nitrogens with one attached hydrogen (secondary N) is 1. The zero-order valence-corrected chi connectivity index (χ0v) is 19.4. The van der Waals surface area contributed by atoms with E-state index >= 15 is 0 Å². The SMILES string of the molecule is CC(=O)n1c(-c2ccccc2)c(CNC(=O)OC(C)(C)C)c2c(=O)n(C)c3ccccc3c21. The number of carbonyl (C=O) groups excluding carboxylic acids is 2. The van der Waals surface area contributed by atoms with E-state index in [9.17, 15) is 14.4 Å². The number of amides is 1. The minimum absolute atomic E-state index is 0.0313. The molecule has 1 N–H and O–H groups in total. The molecule has 0 spiro atoms. The maximum atomic E-state index is 13.6. The van der Waals surface area contributed by atoms with Gasteiger partial charge in [0, 0.05) is 31.5 Å². The predicted molar refractivity (Wildman–Crippen MR) is 129 cm³/mol. The van der Waals surface area contributed by atoms with Crippen molar-refractivity contribution >= 4 is 33.8 Å². The Labute approximate surface area is 191 Å². The van der Waals surface area contributed by atoms with Crippen LogP contribution in [-0.2, 0) is 18.3 Å². The molecule has 0 fully saturated rings. The lowest BCUT2D eigenvalue weighted by Crippen LogP contribution is -2.32. The van der Waals surface area contributed by atoms with Gasteiger partial charge in [-0.1, -0.05) is 48.5 Å². The third kappa shape index (κ3) is 4.02. The fourth-order valence-electron chi connectivity index (χ4n) is 4.21. The van der Waals surface area contributed by atoms with Gasteiger partial charge in [0.25, 0.3) is 5.56 Å². The van der Waals surface area contributed by atoms with Crippen LogP contribution >= 0.6 is 0 Å². The van der Waals surface area contributed by atoms with Crippen molar-refractivity contribution in [2.45, 2.75) is 39.8 Å². The predicted octanol–water partition coefficient (Wildman–Crippen LogP) is 4.85. The number of benzene rings is 2. The third-order valence-electron chi connectivity index (χ3n) is 5.48. The number of aryl methyl sites for hydroxylation is 1. The molecule has 0 unspecified atom stereocenters. The van der Waals surface area contributed by atoms with Crippen LogP contribution in [0.3, 0.4) is 0 Å². The van der Waals surface area contributed by atoms with Gasteiger partial charge in [0.15, 0.2) is 0 Å². The molecule has 0 aliphatic heterocycles. The molecule has 0 aliphatic carbocycles. The zero-order valence-electron chi connectivity index (χ0n) is 19.4. The average Bonchev–Trinajstić information content (AvgIpc) is 3.11. The van der Waals surface area contributed by atoms with Crippen molar-refractivity contribution in [3.05, 3.63) is 70.5 Å². The standard InChI is InChI=1S/C26H27N3O4/c1-16(30)29-22(17-11-7-6-8-12-17)19(15-27-25(32)33-26(2,3)4)21-23(29)18-13-9-10-14-20(18)28(5)24(21)31/h6-14H,15H2,1-5H3,(H,27,32). The van der Waals surface area contributed by atoms with Crippen molar-refractivity contribution in [2.24, 2.45) is 7.05 Å². The van der Waals surface area contributed by atoms with E-state index in [-0.39, 0.29) is 18.0 Å². The highest BCUT2D eigenvalue weighted by Crippen LogP contribution is 2.35. The molecule has 0 bridgehead atoms. The van der Waals surface area contributed by atoms with Crippen molar-refractivity contribution in [2.75, 3.05) is 0 Å². The molecule has 0 radical (unpaired) electrons. The molecule has 170 valence electrons. The molecule has 7 nitrogen and oxygen atoms in total. The first-order valence-corrected chi connectivity index (χ1v) is 10.8. The molecule has 0 saturated heterocycles. The molecule has 0 saturated carbocycles. The Morgan fingerprint density at radius 3 is 2.27 bits per heavy atom. The summed E-state index contributed by atoms with van der Waals surface area (Å²) < 4.78 is 8.55. The minimum Gasteiger partial charge on any atom is -0.444 e. The van der Waals surface area contributed by atoms with Gasteiger partial charge in [-0.05, 0) is 32.4 Å². The molecular weight excluding hydrogens is 418 g/mol. The van der Waals surface area contributed by atoms with Crippen LogP contribution in [0, 0.1) is 0 Å². The van der Waals surface area contributed by atoms with Gasteiger partial charge in [0.1, 0.15) is 5.60 Å². The maximum Gasteiger partial charge on any atom is 0.407 e. The van der Waals surface area contributed by atoms with Crippen LogP contribution in [-0.4, -0.2) is 26.7 Å². The highest BCUT2D eigenvalue weighted by molar-refractivity contribution is 6.12. The van der Waals surface area contributed by atoms with Crippen molar-refractivity contribution in [1.82, 2.24) is 14.5 Å². The lowest BCUT2D eigenvalue weighted by Gasteiger charge is -2.20. The van der Waals surface area contributed by atoms with Gasteiger partial charge >= 0.3 is 6.09 Å². The van der Waals surface area contributed by atoms with Crippen LogP contribution in [0.15, 0.2) is 59.4 Å². The number of hydrogen-bond acceptors (Lipinski definition) is 4. The fourth-order valence-corrected chi connectivity index (χ4v) is 4.21. The van der Waals surface area contributed by atoms with E-state index in [4.69, 9.17) is 4.74 Å². The summed E-state index contributed by atoms with van der Waals surface area (Å²) in [5.41, 5.74) is 2.30. The molecule has 2 aromatic carbocycles. The smallest absolute Gasteiger partial charge is 0.407 e. The molecule has 0 atom stereocenters. The Kier molecular flexibility index (Phi) is 5.57. The van der Waals surface area contributed by atoms with Gasteiger partial charge in [-0.2, -0.15) is 0 Å². The number of rotatable bonds is 3. The summed E-state index contributed by atoms with van der Waals surface area (Å²) >= 11 is 0. The highest BCUT2D eigenvalue weighted by Gasteiger charge is 2.26. The van der Waals surface area contributed by atoms with Crippen molar-refractivity contribution in [3.63, 3.8) is 0 Å². The molecule has 7 heteroatoms. The first kappa shape index (κ1) is 22.3. The largest absolute Gasteiger partial charge is 0.444 e. The maximum absolute atomic E-state index is 13.6. The summed E-state index contributed by atoms with van der Waals surface area (Å²) in [6.45, 7) is 6.86. The van der Waals surface area contributed by atoms with Crippen LogP contribution in [0.1, 0.15) is 38.1 Å². The lowest BCUT2D eigenvalue weighted by molar-refractivity contribution is 0.0524. The Balaban J connectivity index is 2.07. The fraction of sp³-hybridized carbons (Fsp3) is 0.269. The number of fused-ring (bicyclic) bond motifs is 3. The van der Waals surface area contributed by atoms with E-state index in [1.807, 2.05) is 54.6 Å². The quantitative estimate of drug-likeness (QED) is 0.489. The van der Waals surface area contributed by atoms with Crippen molar-refractivity contribution < 1.29 is 14.3 Å². The summed E-state index contributed by atoms with van der Waals surface area (Å²) in [7, 11) is 1.71. The Bertz CT molecular complexity index is 1440.